The number of hydrogen-bond donors (Lipinski definition) is 0. The normalized spacial score (nSPS) is 25.9. The lowest BCUT2D eigenvalue weighted by Gasteiger charge is -2.33. The van der Waals surface area contributed by atoms with Gasteiger partial charge < -0.3 is 4.74 Å². The van der Waals surface area contributed by atoms with E-state index in [1.165, 1.54) is 0 Å². The fourth-order valence-electron chi connectivity index (χ4n) is 1.41. The van der Waals surface area contributed by atoms with Crippen LogP contribution in [0, 0.1) is 22.7 Å². The van der Waals surface area contributed by atoms with Crippen LogP contribution in [0.25, 0.3) is 0 Å². The molecule has 0 aliphatic carbocycles. The lowest BCUT2D eigenvalue weighted by molar-refractivity contribution is -0.0133. The van der Waals surface area contributed by atoms with Crippen LogP contribution < -0.4 is 0 Å². The zero-order valence-electron chi connectivity index (χ0n) is 7.73. The molecule has 0 aromatic carbocycles. The number of nitriles is 2. The first-order valence-corrected chi connectivity index (χ1v) is 4.40. The van der Waals surface area contributed by atoms with Crippen molar-refractivity contribution in [1.29, 1.82) is 10.5 Å². The largest absolute Gasteiger partial charge is 0.361 e. The minimum absolute atomic E-state index is 0.227. The molecule has 1 heterocycles. The maximum absolute atomic E-state index is 8.65. The van der Waals surface area contributed by atoms with Crippen molar-refractivity contribution < 1.29 is 4.74 Å². The molecule has 1 rings (SSSR count). The van der Waals surface area contributed by atoms with Crippen molar-refractivity contribution in [2.75, 3.05) is 19.7 Å². The Morgan fingerprint density at radius 2 is 2.38 bits per heavy atom. The van der Waals surface area contributed by atoms with Crippen molar-refractivity contribution >= 4 is 0 Å². The zero-order chi connectivity index (χ0) is 9.68. The van der Waals surface area contributed by atoms with E-state index < -0.39 is 0 Å². The highest BCUT2D eigenvalue weighted by molar-refractivity contribution is 4.91. The van der Waals surface area contributed by atoms with Gasteiger partial charge in [-0.3, -0.25) is 4.90 Å². The molecule has 70 valence electrons. The van der Waals surface area contributed by atoms with Gasteiger partial charge in [0, 0.05) is 19.1 Å². The van der Waals surface area contributed by atoms with Crippen molar-refractivity contribution in [3.8, 4) is 12.1 Å². The van der Waals surface area contributed by atoms with Crippen LogP contribution in [-0.4, -0.2) is 36.7 Å². The van der Waals surface area contributed by atoms with Gasteiger partial charge in [0.2, 0.25) is 0 Å². The molecule has 4 heteroatoms. The first-order valence-electron chi connectivity index (χ1n) is 4.40. The molecule has 0 amide bonds. The van der Waals surface area contributed by atoms with E-state index in [2.05, 4.69) is 17.0 Å². The van der Waals surface area contributed by atoms with Gasteiger partial charge in [-0.05, 0) is 6.92 Å². The summed E-state index contributed by atoms with van der Waals surface area (Å²) in [6, 6.07) is 4.44. The van der Waals surface area contributed by atoms with Crippen molar-refractivity contribution in [3.05, 3.63) is 0 Å². The van der Waals surface area contributed by atoms with Crippen molar-refractivity contribution in [2.45, 2.75) is 25.5 Å². The van der Waals surface area contributed by atoms with E-state index in [1.807, 2.05) is 6.92 Å². The van der Waals surface area contributed by atoms with Crippen LogP contribution in [0.1, 0.15) is 13.3 Å². The third kappa shape index (κ3) is 2.69. The molecule has 0 aromatic heterocycles. The third-order valence-electron chi connectivity index (χ3n) is 2.25. The van der Waals surface area contributed by atoms with E-state index in [1.54, 1.807) is 0 Å². The first kappa shape index (κ1) is 9.98. The molecule has 2 unspecified atom stereocenters. The molecule has 1 aliphatic heterocycles. The molecule has 2 atom stereocenters. The van der Waals surface area contributed by atoms with Gasteiger partial charge >= 0.3 is 0 Å². The molecular formula is C9H13N3O. The molecule has 0 radical (unpaired) electrons. The third-order valence-corrected chi connectivity index (χ3v) is 2.25. The SMILES string of the molecule is CC(CC#N)N1CCOC(C#N)C1. The second-order valence-electron chi connectivity index (χ2n) is 3.19. The highest BCUT2D eigenvalue weighted by Gasteiger charge is 2.23. The summed E-state index contributed by atoms with van der Waals surface area (Å²) in [7, 11) is 0. The summed E-state index contributed by atoms with van der Waals surface area (Å²) < 4.78 is 5.20. The summed E-state index contributed by atoms with van der Waals surface area (Å²) in [5.41, 5.74) is 0. The Morgan fingerprint density at radius 1 is 1.62 bits per heavy atom. The molecule has 0 bridgehead atoms. The van der Waals surface area contributed by atoms with E-state index in [9.17, 15) is 0 Å². The minimum Gasteiger partial charge on any atom is -0.361 e. The first-order chi connectivity index (χ1) is 6.27. The maximum Gasteiger partial charge on any atom is 0.156 e. The van der Waals surface area contributed by atoms with E-state index >= 15 is 0 Å². The van der Waals surface area contributed by atoms with Gasteiger partial charge in [0.1, 0.15) is 0 Å². The maximum atomic E-state index is 8.65. The minimum atomic E-state index is -0.324. The van der Waals surface area contributed by atoms with Gasteiger partial charge in [-0.25, -0.2) is 0 Å². The Balaban J connectivity index is 2.43. The summed E-state index contributed by atoms with van der Waals surface area (Å²) in [5.74, 6) is 0. The second kappa shape index (κ2) is 4.81. The number of morpholine rings is 1. The van der Waals surface area contributed by atoms with Crippen LogP contribution in [0.4, 0.5) is 0 Å². The van der Waals surface area contributed by atoms with Crippen LogP contribution in [-0.2, 0) is 4.74 Å². The second-order valence-corrected chi connectivity index (χ2v) is 3.19. The zero-order valence-corrected chi connectivity index (χ0v) is 7.73. The Hall–Kier alpha value is -1.10. The van der Waals surface area contributed by atoms with Crippen molar-refractivity contribution in [1.82, 2.24) is 4.90 Å². The Bertz CT molecular complexity index is 240. The molecule has 1 fully saturated rings. The molecule has 0 saturated carbocycles. The van der Waals surface area contributed by atoms with Gasteiger partial charge in [-0.1, -0.05) is 0 Å². The molecule has 0 spiro atoms. The Labute approximate surface area is 78.3 Å². The number of nitrogens with zero attached hydrogens (tertiary/aromatic N) is 3. The molecule has 13 heavy (non-hydrogen) atoms. The number of rotatable bonds is 2. The van der Waals surface area contributed by atoms with E-state index in [0.717, 1.165) is 6.54 Å². The fraction of sp³-hybridized carbons (Fsp3) is 0.778. The predicted molar refractivity (Wildman–Crippen MR) is 46.6 cm³/mol. The molecule has 4 nitrogen and oxygen atoms in total. The monoisotopic (exact) mass is 179 g/mol. The van der Waals surface area contributed by atoms with Crippen molar-refractivity contribution in [2.24, 2.45) is 0 Å². The Morgan fingerprint density at radius 3 is 3.00 bits per heavy atom. The lowest BCUT2D eigenvalue weighted by Crippen LogP contribution is -2.46. The molecule has 1 saturated heterocycles. The fourth-order valence-corrected chi connectivity index (χ4v) is 1.41. The lowest BCUT2D eigenvalue weighted by atomic mass is 10.2. The number of ether oxygens (including phenoxy) is 1. The smallest absolute Gasteiger partial charge is 0.156 e. The number of hydrogen-bond acceptors (Lipinski definition) is 4. The summed E-state index contributed by atoms with van der Waals surface area (Å²) in [4.78, 5) is 2.13. The van der Waals surface area contributed by atoms with Crippen LogP contribution in [0.5, 0.6) is 0 Å². The standard InChI is InChI=1S/C9H13N3O/c1-8(2-3-10)12-4-5-13-9(6-11)7-12/h8-9H,2,4-5,7H2,1H3. The quantitative estimate of drug-likeness (QED) is 0.619. The molecule has 0 N–H and O–H groups in total. The molecule has 1 aliphatic rings. The summed E-state index contributed by atoms with van der Waals surface area (Å²) in [5, 5.41) is 17.2. The topological polar surface area (TPSA) is 60.1 Å². The van der Waals surface area contributed by atoms with Gasteiger partial charge in [0.15, 0.2) is 6.10 Å². The summed E-state index contributed by atoms with van der Waals surface area (Å²) in [6.45, 7) is 4.04. The summed E-state index contributed by atoms with van der Waals surface area (Å²) >= 11 is 0. The molecular weight excluding hydrogens is 166 g/mol. The predicted octanol–water partition coefficient (Wildman–Crippen LogP) is 0.513. The van der Waals surface area contributed by atoms with Crippen LogP contribution in [0.3, 0.4) is 0 Å². The van der Waals surface area contributed by atoms with E-state index in [0.29, 0.717) is 19.6 Å². The Kier molecular flexibility index (Phi) is 3.70. The highest BCUT2D eigenvalue weighted by Crippen LogP contribution is 2.10. The van der Waals surface area contributed by atoms with Gasteiger partial charge in [-0.15, -0.1) is 0 Å². The van der Waals surface area contributed by atoms with Crippen LogP contribution >= 0.6 is 0 Å². The summed E-state index contributed by atoms with van der Waals surface area (Å²) in [6.07, 6.45) is 0.188. The van der Waals surface area contributed by atoms with Crippen LogP contribution in [0.2, 0.25) is 0 Å². The van der Waals surface area contributed by atoms with Crippen LogP contribution in [0.15, 0.2) is 0 Å². The van der Waals surface area contributed by atoms with Gasteiger partial charge in [0.25, 0.3) is 0 Å². The average molecular weight is 179 g/mol. The van der Waals surface area contributed by atoms with Gasteiger partial charge in [0.05, 0.1) is 25.2 Å². The van der Waals surface area contributed by atoms with Gasteiger partial charge in [-0.2, -0.15) is 10.5 Å². The van der Waals surface area contributed by atoms with Crippen molar-refractivity contribution in [3.63, 3.8) is 0 Å². The average Bonchev–Trinajstić information content (AvgIpc) is 2.18. The molecule has 0 aromatic rings. The highest BCUT2D eigenvalue weighted by atomic mass is 16.5. The van der Waals surface area contributed by atoms with E-state index in [-0.39, 0.29) is 12.1 Å². The van der Waals surface area contributed by atoms with E-state index in [4.69, 9.17) is 15.3 Å².